The van der Waals surface area contributed by atoms with Crippen LogP contribution in [0.1, 0.15) is 25.7 Å². The van der Waals surface area contributed by atoms with E-state index >= 15 is 0 Å². The minimum absolute atomic E-state index is 0.388. The van der Waals surface area contributed by atoms with Crippen molar-refractivity contribution >= 4 is 21.6 Å². The van der Waals surface area contributed by atoms with Crippen LogP contribution in [0, 0.1) is 0 Å². The quantitative estimate of drug-likeness (QED) is 0.856. The lowest BCUT2D eigenvalue weighted by atomic mass is 9.92. The van der Waals surface area contributed by atoms with Crippen LogP contribution in [0.15, 0.2) is 28.7 Å². The number of benzene rings is 1. The third kappa shape index (κ3) is 2.11. The maximum Gasteiger partial charge on any atom is 0.0527 e. The average Bonchev–Trinajstić information content (AvgIpc) is 2.79. The first kappa shape index (κ1) is 11.5. The van der Waals surface area contributed by atoms with Gasteiger partial charge in [0.2, 0.25) is 0 Å². The Morgan fingerprint density at radius 3 is 2.82 bits per heavy atom. The molecule has 1 aliphatic carbocycles. The number of rotatable bonds is 1. The summed E-state index contributed by atoms with van der Waals surface area (Å²) in [5, 5.41) is 3.58. The topological polar surface area (TPSA) is 15.3 Å². The van der Waals surface area contributed by atoms with Gasteiger partial charge in [-0.1, -0.05) is 34.8 Å². The second-order valence-corrected chi connectivity index (χ2v) is 6.16. The highest BCUT2D eigenvalue weighted by molar-refractivity contribution is 9.10. The molecule has 2 nitrogen and oxygen atoms in total. The summed E-state index contributed by atoms with van der Waals surface area (Å²) in [7, 11) is 0. The van der Waals surface area contributed by atoms with Crippen molar-refractivity contribution in [2.45, 2.75) is 31.2 Å². The molecular formula is C14H19BrN2. The normalized spacial score (nSPS) is 23.2. The lowest BCUT2D eigenvalue weighted by molar-refractivity contribution is 0.332. The first-order chi connectivity index (χ1) is 8.30. The zero-order valence-electron chi connectivity index (χ0n) is 10.1. The lowest BCUT2D eigenvalue weighted by Crippen LogP contribution is -2.60. The molecule has 17 heavy (non-hydrogen) atoms. The summed E-state index contributed by atoms with van der Waals surface area (Å²) < 4.78 is 1.18. The summed E-state index contributed by atoms with van der Waals surface area (Å²) in [6, 6.07) is 8.75. The summed E-state index contributed by atoms with van der Waals surface area (Å²) in [5.74, 6) is 0. The van der Waals surface area contributed by atoms with E-state index in [4.69, 9.17) is 0 Å². The van der Waals surface area contributed by atoms with Crippen molar-refractivity contribution in [2.24, 2.45) is 0 Å². The Morgan fingerprint density at radius 2 is 2.06 bits per heavy atom. The SMILES string of the molecule is Brc1cccc(N2CCNCC23CCCC3)c1. The predicted molar refractivity (Wildman–Crippen MR) is 75.6 cm³/mol. The van der Waals surface area contributed by atoms with Gasteiger partial charge in [-0.3, -0.25) is 0 Å². The largest absolute Gasteiger partial charge is 0.363 e. The molecule has 1 N–H and O–H groups in total. The molecule has 1 spiro atoms. The second-order valence-electron chi connectivity index (χ2n) is 5.24. The Morgan fingerprint density at radius 1 is 1.24 bits per heavy atom. The third-order valence-electron chi connectivity index (χ3n) is 4.19. The Balaban J connectivity index is 1.93. The van der Waals surface area contributed by atoms with E-state index in [9.17, 15) is 0 Å². The fourth-order valence-corrected chi connectivity index (χ4v) is 3.76. The van der Waals surface area contributed by atoms with E-state index in [1.54, 1.807) is 0 Å². The highest BCUT2D eigenvalue weighted by Gasteiger charge is 2.41. The maximum atomic E-state index is 3.58. The minimum Gasteiger partial charge on any atom is -0.363 e. The maximum absolute atomic E-state index is 3.58. The Labute approximate surface area is 112 Å². The van der Waals surface area contributed by atoms with Crippen molar-refractivity contribution in [3.05, 3.63) is 28.7 Å². The average molecular weight is 295 g/mol. The Bertz CT molecular complexity index is 399. The van der Waals surface area contributed by atoms with Gasteiger partial charge in [0.05, 0.1) is 5.54 Å². The molecule has 1 aromatic rings. The third-order valence-corrected chi connectivity index (χ3v) is 4.69. The molecule has 2 fully saturated rings. The van der Waals surface area contributed by atoms with Crippen molar-refractivity contribution in [3.63, 3.8) is 0 Å². The van der Waals surface area contributed by atoms with Crippen molar-refractivity contribution in [2.75, 3.05) is 24.5 Å². The van der Waals surface area contributed by atoms with Crippen molar-refractivity contribution in [3.8, 4) is 0 Å². The molecule has 1 aliphatic heterocycles. The number of nitrogens with zero attached hydrogens (tertiary/aromatic N) is 1. The van der Waals surface area contributed by atoms with Gasteiger partial charge in [-0.15, -0.1) is 0 Å². The van der Waals surface area contributed by atoms with Gasteiger partial charge in [-0.25, -0.2) is 0 Å². The van der Waals surface area contributed by atoms with E-state index in [-0.39, 0.29) is 0 Å². The Hall–Kier alpha value is -0.540. The first-order valence-corrected chi connectivity index (χ1v) is 7.33. The zero-order valence-corrected chi connectivity index (χ0v) is 11.7. The van der Waals surface area contributed by atoms with Gasteiger partial charge in [-0.2, -0.15) is 0 Å². The van der Waals surface area contributed by atoms with E-state index in [2.05, 4.69) is 50.4 Å². The second kappa shape index (κ2) is 4.62. The van der Waals surface area contributed by atoms with Crippen molar-refractivity contribution in [1.82, 2.24) is 5.32 Å². The molecule has 0 radical (unpaired) electrons. The molecule has 3 heteroatoms. The summed E-state index contributed by atoms with van der Waals surface area (Å²) in [6.45, 7) is 3.39. The van der Waals surface area contributed by atoms with Gasteiger partial charge in [0.25, 0.3) is 0 Å². The lowest BCUT2D eigenvalue weighted by Gasteiger charge is -2.47. The van der Waals surface area contributed by atoms with Gasteiger partial charge >= 0.3 is 0 Å². The van der Waals surface area contributed by atoms with Crippen molar-refractivity contribution in [1.29, 1.82) is 0 Å². The molecule has 0 unspecified atom stereocenters. The molecular weight excluding hydrogens is 276 g/mol. The summed E-state index contributed by atoms with van der Waals surface area (Å²) >= 11 is 3.58. The van der Waals surface area contributed by atoms with Crippen LogP contribution in [0.5, 0.6) is 0 Å². The van der Waals surface area contributed by atoms with E-state index in [0.29, 0.717) is 5.54 Å². The van der Waals surface area contributed by atoms with Gasteiger partial charge in [0.1, 0.15) is 0 Å². The number of halogens is 1. The molecule has 92 valence electrons. The molecule has 0 aromatic heterocycles. The van der Waals surface area contributed by atoms with Crippen LogP contribution >= 0.6 is 15.9 Å². The molecule has 1 saturated heterocycles. The van der Waals surface area contributed by atoms with Crippen LogP contribution in [0.2, 0.25) is 0 Å². The van der Waals surface area contributed by atoms with Crippen LogP contribution < -0.4 is 10.2 Å². The number of hydrogen-bond donors (Lipinski definition) is 1. The molecule has 1 saturated carbocycles. The van der Waals surface area contributed by atoms with E-state index in [0.717, 1.165) is 19.6 Å². The summed E-state index contributed by atoms with van der Waals surface area (Å²) in [4.78, 5) is 2.64. The van der Waals surface area contributed by atoms with E-state index in [1.165, 1.54) is 35.8 Å². The van der Waals surface area contributed by atoms with Gasteiger partial charge in [-0.05, 0) is 31.0 Å². The molecule has 2 aliphatic rings. The highest BCUT2D eigenvalue weighted by atomic mass is 79.9. The molecule has 3 rings (SSSR count). The van der Waals surface area contributed by atoms with Gasteiger partial charge in [0, 0.05) is 29.8 Å². The molecule has 1 aromatic carbocycles. The Kier molecular flexibility index (Phi) is 3.14. The predicted octanol–water partition coefficient (Wildman–Crippen LogP) is 3.17. The smallest absolute Gasteiger partial charge is 0.0527 e. The van der Waals surface area contributed by atoms with Crippen LogP contribution in [0.4, 0.5) is 5.69 Å². The molecule has 0 atom stereocenters. The van der Waals surface area contributed by atoms with Gasteiger partial charge < -0.3 is 10.2 Å². The number of hydrogen-bond acceptors (Lipinski definition) is 2. The molecule has 0 amide bonds. The van der Waals surface area contributed by atoms with E-state index in [1.807, 2.05) is 0 Å². The summed E-state index contributed by atoms with van der Waals surface area (Å²) in [6.07, 6.45) is 5.44. The summed E-state index contributed by atoms with van der Waals surface area (Å²) in [5.41, 5.74) is 1.77. The first-order valence-electron chi connectivity index (χ1n) is 6.54. The minimum atomic E-state index is 0.388. The fourth-order valence-electron chi connectivity index (χ4n) is 3.37. The van der Waals surface area contributed by atoms with Crippen LogP contribution in [0.3, 0.4) is 0 Å². The van der Waals surface area contributed by atoms with Crippen molar-refractivity contribution < 1.29 is 0 Å². The van der Waals surface area contributed by atoms with Crippen LogP contribution in [-0.2, 0) is 0 Å². The highest BCUT2D eigenvalue weighted by Crippen LogP contribution is 2.39. The van der Waals surface area contributed by atoms with Crippen LogP contribution in [-0.4, -0.2) is 25.2 Å². The van der Waals surface area contributed by atoms with E-state index < -0.39 is 0 Å². The van der Waals surface area contributed by atoms with Gasteiger partial charge in [0.15, 0.2) is 0 Å². The molecule has 0 bridgehead atoms. The number of nitrogens with one attached hydrogen (secondary N) is 1. The number of anilines is 1. The zero-order chi connectivity index (χ0) is 11.7. The number of piperazine rings is 1. The standard InChI is InChI=1S/C14H19BrN2/c15-12-4-3-5-13(10-12)17-9-8-16-11-14(17)6-1-2-7-14/h3-5,10,16H,1-2,6-9,11H2. The molecule has 1 heterocycles. The fraction of sp³-hybridized carbons (Fsp3) is 0.571. The van der Waals surface area contributed by atoms with Crippen LogP contribution in [0.25, 0.3) is 0 Å². The monoisotopic (exact) mass is 294 g/mol.